The van der Waals surface area contributed by atoms with Crippen LogP contribution in [0.25, 0.3) is 0 Å². The number of aromatic nitrogens is 2. The first-order chi connectivity index (χ1) is 10.0. The van der Waals surface area contributed by atoms with Crippen LogP contribution in [0.5, 0.6) is 0 Å². The van der Waals surface area contributed by atoms with Gasteiger partial charge in [0.2, 0.25) is 0 Å². The summed E-state index contributed by atoms with van der Waals surface area (Å²) in [5, 5.41) is 15.5. The lowest BCUT2D eigenvalue weighted by atomic mass is 9.87. The van der Waals surface area contributed by atoms with Crippen molar-refractivity contribution in [2.24, 2.45) is 0 Å². The van der Waals surface area contributed by atoms with E-state index in [4.69, 9.17) is 4.74 Å². The molecule has 1 saturated heterocycles. The third-order valence-corrected chi connectivity index (χ3v) is 5.18. The molecule has 1 aromatic rings. The van der Waals surface area contributed by atoms with Crippen LogP contribution in [0.4, 0.5) is 0 Å². The summed E-state index contributed by atoms with van der Waals surface area (Å²) in [4.78, 5) is 2.34. The Kier molecular flexibility index (Phi) is 5.82. The van der Waals surface area contributed by atoms with Crippen LogP contribution in [-0.2, 0) is 11.3 Å². The molecule has 2 atom stereocenters. The summed E-state index contributed by atoms with van der Waals surface area (Å²) >= 11 is 3.55. The molecule has 120 valence electrons. The standard InChI is InChI=1S/C15H26BrN3O2/c1-4-6-19-13(12(16)11-17-19)14(20)15(3,5-2)18-7-9-21-10-8-18/h11,14,20H,4-10H2,1-3H3. The predicted octanol–water partition coefficient (Wildman–Crippen LogP) is 2.59. The van der Waals surface area contributed by atoms with Gasteiger partial charge in [0.25, 0.3) is 0 Å². The second-order valence-corrected chi connectivity index (χ2v) is 6.67. The van der Waals surface area contributed by atoms with Crippen LogP contribution >= 0.6 is 15.9 Å². The Morgan fingerprint density at radius 1 is 1.43 bits per heavy atom. The van der Waals surface area contributed by atoms with Crippen LogP contribution in [0, 0.1) is 0 Å². The van der Waals surface area contributed by atoms with Crippen molar-refractivity contribution in [3.05, 3.63) is 16.4 Å². The van der Waals surface area contributed by atoms with Gasteiger partial charge >= 0.3 is 0 Å². The minimum atomic E-state index is -0.580. The fourth-order valence-corrected chi connectivity index (χ4v) is 3.51. The molecular formula is C15H26BrN3O2. The Morgan fingerprint density at radius 2 is 2.10 bits per heavy atom. The van der Waals surface area contributed by atoms with E-state index in [0.717, 1.165) is 55.9 Å². The summed E-state index contributed by atoms with van der Waals surface area (Å²) in [7, 11) is 0. The Hall–Kier alpha value is -0.430. The maximum atomic E-state index is 11.1. The smallest absolute Gasteiger partial charge is 0.115 e. The number of nitrogens with zero attached hydrogens (tertiary/aromatic N) is 3. The normalized spacial score (nSPS) is 21.2. The Bertz CT molecular complexity index is 460. The van der Waals surface area contributed by atoms with Gasteiger partial charge in [0, 0.05) is 25.2 Å². The van der Waals surface area contributed by atoms with Crippen LogP contribution in [0.1, 0.15) is 45.4 Å². The topological polar surface area (TPSA) is 50.5 Å². The molecule has 2 rings (SSSR count). The molecule has 0 aromatic carbocycles. The van der Waals surface area contributed by atoms with Crippen molar-refractivity contribution in [1.82, 2.24) is 14.7 Å². The number of rotatable bonds is 6. The van der Waals surface area contributed by atoms with E-state index in [1.807, 2.05) is 4.68 Å². The largest absolute Gasteiger partial charge is 0.385 e. The van der Waals surface area contributed by atoms with Crippen molar-refractivity contribution in [3.63, 3.8) is 0 Å². The van der Waals surface area contributed by atoms with E-state index in [1.54, 1.807) is 6.20 Å². The molecule has 1 fully saturated rings. The number of hydrogen-bond acceptors (Lipinski definition) is 4. The van der Waals surface area contributed by atoms with Crippen molar-refractivity contribution in [2.75, 3.05) is 26.3 Å². The fraction of sp³-hybridized carbons (Fsp3) is 0.800. The number of hydrogen-bond donors (Lipinski definition) is 1. The zero-order valence-electron chi connectivity index (χ0n) is 13.2. The van der Waals surface area contributed by atoms with Crippen LogP contribution in [-0.4, -0.2) is 51.6 Å². The van der Waals surface area contributed by atoms with Gasteiger partial charge in [-0.05, 0) is 35.7 Å². The van der Waals surface area contributed by atoms with E-state index in [-0.39, 0.29) is 5.54 Å². The van der Waals surface area contributed by atoms with Crippen LogP contribution < -0.4 is 0 Å². The molecular weight excluding hydrogens is 334 g/mol. The van der Waals surface area contributed by atoms with Crippen LogP contribution in [0.2, 0.25) is 0 Å². The van der Waals surface area contributed by atoms with E-state index in [9.17, 15) is 5.11 Å². The van der Waals surface area contributed by atoms with Crippen LogP contribution in [0.15, 0.2) is 10.7 Å². The second-order valence-electron chi connectivity index (χ2n) is 5.81. The summed E-state index contributed by atoms with van der Waals surface area (Å²) in [6, 6.07) is 0. The maximum absolute atomic E-state index is 11.1. The summed E-state index contributed by atoms with van der Waals surface area (Å²) in [6.45, 7) is 10.4. The number of halogens is 1. The highest BCUT2D eigenvalue weighted by Gasteiger charge is 2.41. The minimum Gasteiger partial charge on any atom is -0.385 e. The monoisotopic (exact) mass is 359 g/mol. The fourth-order valence-electron chi connectivity index (χ4n) is 2.99. The molecule has 0 amide bonds. The molecule has 2 heterocycles. The zero-order chi connectivity index (χ0) is 15.5. The highest BCUT2D eigenvalue weighted by Crippen LogP contribution is 2.37. The second kappa shape index (κ2) is 7.22. The number of aliphatic hydroxyl groups excluding tert-OH is 1. The van der Waals surface area contributed by atoms with Gasteiger partial charge in [-0.2, -0.15) is 5.10 Å². The van der Waals surface area contributed by atoms with Crippen molar-refractivity contribution in [2.45, 2.75) is 51.8 Å². The lowest BCUT2D eigenvalue weighted by Crippen LogP contribution is -2.55. The zero-order valence-corrected chi connectivity index (χ0v) is 14.8. The summed E-state index contributed by atoms with van der Waals surface area (Å²) in [6.07, 6.45) is 3.07. The van der Waals surface area contributed by atoms with Crippen molar-refractivity contribution in [1.29, 1.82) is 0 Å². The molecule has 0 saturated carbocycles. The highest BCUT2D eigenvalue weighted by molar-refractivity contribution is 9.10. The van der Waals surface area contributed by atoms with Gasteiger partial charge in [0.1, 0.15) is 6.10 Å². The number of ether oxygens (including phenoxy) is 1. The van der Waals surface area contributed by atoms with Gasteiger partial charge < -0.3 is 9.84 Å². The predicted molar refractivity (Wildman–Crippen MR) is 86.3 cm³/mol. The van der Waals surface area contributed by atoms with Crippen molar-refractivity contribution < 1.29 is 9.84 Å². The summed E-state index contributed by atoms with van der Waals surface area (Å²) in [5.74, 6) is 0. The number of aliphatic hydroxyl groups is 1. The Balaban J connectivity index is 2.30. The van der Waals surface area contributed by atoms with Crippen molar-refractivity contribution in [3.8, 4) is 0 Å². The molecule has 5 nitrogen and oxygen atoms in total. The number of morpholine rings is 1. The lowest BCUT2D eigenvalue weighted by Gasteiger charge is -2.45. The minimum absolute atomic E-state index is 0.308. The summed E-state index contributed by atoms with van der Waals surface area (Å²) < 4.78 is 8.25. The average molecular weight is 360 g/mol. The average Bonchev–Trinajstić information content (AvgIpc) is 2.87. The van der Waals surface area contributed by atoms with Gasteiger partial charge in [0.05, 0.1) is 29.6 Å². The van der Waals surface area contributed by atoms with Gasteiger partial charge in [0.15, 0.2) is 0 Å². The van der Waals surface area contributed by atoms with Gasteiger partial charge in [-0.25, -0.2) is 0 Å². The highest BCUT2D eigenvalue weighted by atomic mass is 79.9. The molecule has 1 N–H and O–H groups in total. The molecule has 21 heavy (non-hydrogen) atoms. The molecule has 0 spiro atoms. The number of aryl methyl sites for hydroxylation is 1. The third-order valence-electron chi connectivity index (χ3n) is 4.57. The van der Waals surface area contributed by atoms with E-state index < -0.39 is 6.10 Å². The summed E-state index contributed by atoms with van der Waals surface area (Å²) in [5.41, 5.74) is 0.574. The van der Waals surface area contributed by atoms with E-state index in [1.165, 1.54) is 0 Å². The first kappa shape index (κ1) is 16.9. The van der Waals surface area contributed by atoms with E-state index in [0.29, 0.717) is 0 Å². The lowest BCUT2D eigenvalue weighted by molar-refractivity contribution is -0.0761. The van der Waals surface area contributed by atoms with E-state index in [2.05, 4.69) is 46.7 Å². The molecule has 1 aliphatic rings. The first-order valence-electron chi connectivity index (χ1n) is 7.76. The Labute approximate surface area is 135 Å². The molecule has 1 aromatic heterocycles. The van der Waals surface area contributed by atoms with Gasteiger partial charge in [-0.1, -0.05) is 13.8 Å². The maximum Gasteiger partial charge on any atom is 0.115 e. The van der Waals surface area contributed by atoms with Gasteiger partial charge in [-0.3, -0.25) is 9.58 Å². The van der Waals surface area contributed by atoms with E-state index >= 15 is 0 Å². The van der Waals surface area contributed by atoms with Crippen molar-refractivity contribution >= 4 is 15.9 Å². The molecule has 0 aliphatic carbocycles. The molecule has 0 radical (unpaired) electrons. The van der Waals surface area contributed by atoms with Gasteiger partial charge in [-0.15, -0.1) is 0 Å². The first-order valence-corrected chi connectivity index (χ1v) is 8.56. The molecule has 2 unspecified atom stereocenters. The Morgan fingerprint density at radius 3 is 2.67 bits per heavy atom. The van der Waals surface area contributed by atoms with Crippen LogP contribution in [0.3, 0.4) is 0 Å². The SMILES string of the molecule is CCCn1ncc(Br)c1C(O)C(C)(CC)N1CCOCC1. The molecule has 0 bridgehead atoms. The molecule has 6 heteroatoms. The molecule has 1 aliphatic heterocycles. The quantitative estimate of drug-likeness (QED) is 0.847. The third kappa shape index (κ3) is 3.33.